The summed E-state index contributed by atoms with van der Waals surface area (Å²) in [5, 5.41) is 12.4. The van der Waals surface area contributed by atoms with E-state index in [9.17, 15) is 9.90 Å². The third-order valence-electron chi connectivity index (χ3n) is 3.96. The van der Waals surface area contributed by atoms with Gasteiger partial charge in [0.15, 0.2) is 0 Å². The van der Waals surface area contributed by atoms with Crippen LogP contribution in [0.1, 0.15) is 26.7 Å². The Kier molecular flexibility index (Phi) is 5.44. The van der Waals surface area contributed by atoms with Gasteiger partial charge in [-0.15, -0.1) is 0 Å². The number of hydrogen-bond donors (Lipinski definition) is 2. The lowest BCUT2D eigenvalue weighted by Gasteiger charge is -2.38. The first-order valence-electron chi connectivity index (χ1n) is 7.57. The van der Waals surface area contributed by atoms with E-state index in [2.05, 4.69) is 12.2 Å². The lowest BCUT2D eigenvalue weighted by atomic mass is 9.91. The number of anilines is 1. The first-order valence-corrected chi connectivity index (χ1v) is 7.57. The van der Waals surface area contributed by atoms with Crippen LogP contribution in [0.25, 0.3) is 0 Å². The summed E-state index contributed by atoms with van der Waals surface area (Å²) in [5.74, 6) is 1.06. The van der Waals surface area contributed by atoms with Crippen molar-refractivity contribution in [3.63, 3.8) is 0 Å². The molecule has 1 aromatic rings. The number of carbonyl (C=O) groups is 1. The van der Waals surface area contributed by atoms with E-state index >= 15 is 0 Å². The highest BCUT2D eigenvalue weighted by molar-refractivity contribution is 5.89. The topological polar surface area (TPSA) is 61.8 Å². The molecule has 2 atom stereocenters. The van der Waals surface area contributed by atoms with E-state index < -0.39 is 0 Å². The second-order valence-corrected chi connectivity index (χ2v) is 5.45. The molecule has 5 nitrogen and oxygen atoms in total. The van der Waals surface area contributed by atoms with Gasteiger partial charge in [-0.25, -0.2) is 4.79 Å². The Bertz CT molecular complexity index is 478. The van der Waals surface area contributed by atoms with Crippen LogP contribution in [0.4, 0.5) is 10.5 Å². The van der Waals surface area contributed by atoms with Crippen LogP contribution in [-0.4, -0.2) is 41.8 Å². The molecule has 1 aromatic carbocycles. The molecular formula is C16H24N2O3. The van der Waals surface area contributed by atoms with Crippen molar-refractivity contribution >= 4 is 11.7 Å². The number of nitrogens with one attached hydrogen (secondary N) is 1. The summed E-state index contributed by atoms with van der Waals surface area (Å²) in [6.45, 7) is 5.29. The molecule has 1 heterocycles. The van der Waals surface area contributed by atoms with E-state index in [-0.39, 0.29) is 18.7 Å². The van der Waals surface area contributed by atoms with Crippen LogP contribution in [0.15, 0.2) is 24.3 Å². The average molecular weight is 292 g/mol. The lowest BCUT2D eigenvalue weighted by molar-refractivity contribution is 0.0811. The highest BCUT2D eigenvalue weighted by Gasteiger charge is 2.31. The number of piperidine rings is 1. The number of benzene rings is 1. The number of aliphatic hydroxyl groups excluding tert-OH is 1. The van der Waals surface area contributed by atoms with Crippen molar-refractivity contribution in [2.24, 2.45) is 5.92 Å². The minimum atomic E-state index is -0.158. The van der Waals surface area contributed by atoms with Crippen molar-refractivity contribution < 1.29 is 14.6 Å². The summed E-state index contributed by atoms with van der Waals surface area (Å²) in [4.78, 5) is 14.2. The molecule has 0 aromatic heterocycles. The van der Waals surface area contributed by atoms with Gasteiger partial charge in [-0.2, -0.15) is 0 Å². The van der Waals surface area contributed by atoms with Crippen molar-refractivity contribution in [2.45, 2.75) is 32.7 Å². The van der Waals surface area contributed by atoms with Gasteiger partial charge in [-0.05, 0) is 37.8 Å². The SMILES string of the molecule is CCOc1cccc(NC(=O)N2CCCC(C)C2CO)c1. The monoisotopic (exact) mass is 292 g/mol. The van der Waals surface area contributed by atoms with Gasteiger partial charge in [-0.3, -0.25) is 0 Å². The third kappa shape index (κ3) is 3.88. The Hall–Kier alpha value is -1.75. The Morgan fingerprint density at radius 2 is 2.33 bits per heavy atom. The van der Waals surface area contributed by atoms with E-state index in [4.69, 9.17) is 4.74 Å². The minimum absolute atomic E-state index is 0.00751. The van der Waals surface area contributed by atoms with Crippen LogP contribution in [0.5, 0.6) is 5.75 Å². The normalized spacial score (nSPS) is 22.0. The molecule has 1 aliphatic heterocycles. The molecule has 1 fully saturated rings. The van der Waals surface area contributed by atoms with E-state index in [1.165, 1.54) is 0 Å². The molecule has 1 aliphatic rings. The van der Waals surface area contributed by atoms with Crippen molar-refractivity contribution in [3.05, 3.63) is 24.3 Å². The van der Waals surface area contributed by atoms with Crippen LogP contribution in [0.3, 0.4) is 0 Å². The van der Waals surface area contributed by atoms with Crippen molar-refractivity contribution in [1.82, 2.24) is 4.90 Å². The van der Waals surface area contributed by atoms with Crippen LogP contribution in [0, 0.1) is 5.92 Å². The highest BCUT2D eigenvalue weighted by Crippen LogP contribution is 2.24. The molecule has 2 amide bonds. The Morgan fingerprint density at radius 1 is 1.52 bits per heavy atom. The predicted octanol–water partition coefficient (Wildman–Crippen LogP) is 2.71. The third-order valence-corrected chi connectivity index (χ3v) is 3.96. The molecule has 0 radical (unpaired) electrons. The van der Waals surface area contributed by atoms with Crippen LogP contribution in [0.2, 0.25) is 0 Å². The first kappa shape index (κ1) is 15.6. The van der Waals surface area contributed by atoms with E-state index in [1.807, 2.05) is 31.2 Å². The maximum Gasteiger partial charge on any atom is 0.322 e. The number of rotatable bonds is 4. The summed E-state index contributed by atoms with van der Waals surface area (Å²) in [5.41, 5.74) is 0.709. The number of nitrogens with zero attached hydrogens (tertiary/aromatic N) is 1. The number of likely N-dealkylation sites (tertiary alicyclic amines) is 1. The second-order valence-electron chi connectivity index (χ2n) is 5.45. The quantitative estimate of drug-likeness (QED) is 0.897. The molecule has 21 heavy (non-hydrogen) atoms. The zero-order valence-corrected chi connectivity index (χ0v) is 12.7. The van der Waals surface area contributed by atoms with Gasteiger partial charge >= 0.3 is 6.03 Å². The van der Waals surface area contributed by atoms with Crippen LogP contribution in [-0.2, 0) is 0 Å². The van der Waals surface area contributed by atoms with Gasteiger partial charge in [0.1, 0.15) is 5.75 Å². The highest BCUT2D eigenvalue weighted by atomic mass is 16.5. The summed E-state index contributed by atoms with van der Waals surface area (Å²) < 4.78 is 5.43. The fourth-order valence-electron chi connectivity index (χ4n) is 2.81. The fourth-order valence-corrected chi connectivity index (χ4v) is 2.81. The maximum atomic E-state index is 12.4. The molecule has 0 saturated carbocycles. The van der Waals surface area contributed by atoms with Crippen LogP contribution < -0.4 is 10.1 Å². The number of amides is 2. The molecule has 0 aliphatic carbocycles. The number of urea groups is 1. The van der Waals surface area contributed by atoms with E-state index in [0.717, 1.165) is 18.6 Å². The standard InChI is InChI=1S/C16H24N2O3/c1-3-21-14-8-4-7-13(10-14)17-16(20)18-9-5-6-12(2)15(18)11-19/h4,7-8,10,12,15,19H,3,5-6,9,11H2,1-2H3,(H,17,20). The molecule has 5 heteroatoms. The molecule has 2 rings (SSSR count). The maximum absolute atomic E-state index is 12.4. The smallest absolute Gasteiger partial charge is 0.322 e. The molecule has 116 valence electrons. The largest absolute Gasteiger partial charge is 0.494 e. The Morgan fingerprint density at radius 3 is 3.05 bits per heavy atom. The zero-order chi connectivity index (χ0) is 15.2. The lowest BCUT2D eigenvalue weighted by Crippen LogP contribution is -2.51. The van der Waals surface area contributed by atoms with Gasteiger partial charge in [0, 0.05) is 18.3 Å². The molecule has 2 N–H and O–H groups in total. The van der Waals surface area contributed by atoms with Crippen molar-refractivity contribution in [1.29, 1.82) is 0 Å². The number of hydrogen-bond acceptors (Lipinski definition) is 3. The van der Waals surface area contributed by atoms with Crippen LogP contribution >= 0.6 is 0 Å². The second kappa shape index (κ2) is 7.31. The Balaban J connectivity index is 2.04. The summed E-state index contributed by atoms with van der Waals surface area (Å²) >= 11 is 0. The Labute approximate surface area is 125 Å². The summed E-state index contributed by atoms with van der Waals surface area (Å²) in [6, 6.07) is 7.09. The first-order chi connectivity index (χ1) is 10.2. The zero-order valence-electron chi connectivity index (χ0n) is 12.7. The van der Waals surface area contributed by atoms with Gasteiger partial charge in [0.25, 0.3) is 0 Å². The molecule has 0 spiro atoms. The summed E-state index contributed by atoms with van der Waals surface area (Å²) in [6.07, 6.45) is 2.03. The molecule has 1 saturated heterocycles. The van der Waals surface area contributed by atoms with Crippen molar-refractivity contribution in [2.75, 3.05) is 25.1 Å². The average Bonchev–Trinajstić information content (AvgIpc) is 2.47. The number of ether oxygens (including phenoxy) is 1. The number of aliphatic hydroxyl groups is 1. The fraction of sp³-hybridized carbons (Fsp3) is 0.562. The molecule has 0 bridgehead atoms. The van der Waals surface area contributed by atoms with E-state index in [0.29, 0.717) is 24.8 Å². The minimum Gasteiger partial charge on any atom is -0.494 e. The van der Waals surface area contributed by atoms with Gasteiger partial charge in [0.2, 0.25) is 0 Å². The van der Waals surface area contributed by atoms with Gasteiger partial charge in [0.05, 0.1) is 19.3 Å². The van der Waals surface area contributed by atoms with Gasteiger partial charge in [-0.1, -0.05) is 13.0 Å². The van der Waals surface area contributed by atoms with Gasteiger partial charge < -0.3 is 20.1 Å². The summed E-state index contributed by atoms with van der Waals surface area (Å²) in [7, 11) is 0. The van der Waals surface area contributed by atoms with Crippen molar-refractivity contribution in [3.8, 4) is 5.75 Å². The molecule has 2 unspecified atom stereocenters. The number of carbonyl (C=O) groups excluding carboxylic acids is 1. The molecular weight excluding hydrogens is 268 g/mol. The van der Waals surface area contributed by atoms with E-state index in [1.54, 1.807) is 4.90 Å². The predicted molar refractivity (Wildman–Crippen MR) is 82.6 cm³/mol.